The van der Waals surface area contributed by atoms with E-state index in [4.69, 9.17) is 14.6 Å². The van der Waals surface area contributed by atoms with E-state index in [9.17, 15) is 5.11 Å². The molecule has 0 fully saturated rings. The van der Waals surface area contributed by atoms with Gasteiger partial charge in [-0.25, -0.2) is 0 Å². The lowest BCUT2D eigenvalue weighted by molar-refractivity contribution is 0.0638. The third kappa shape index (κ3) is 5.91. The maximum absolute atomic E-state index is 10.5. The summed E-state index contributed by atoms with van der Waals surface area (Å²) in [4.78, 5) is 2.29. The number of aromatic nitrogens is 2. The maximum atomic E-state index is 10.5. The molecule has 35 heavy (non-hydrogen) atoms. The predicted octanol–water partition coefficient (Wildman–Crippen LogP) is 4.41. The molecule has 1 aromatic heterocycles. The number of aliphatic hydroxyl groups is 1. The fourth-order valence-corrected chi connectivity index (χ4v) is 4.50. The fraction of sp³-hybridized carbons (Fsp3) is 0.276. The zero-order chi connectivity index (χ0) is 24.0. The lowest BCUT2D eigenvalue weighted by Gasteiger charge is -2.30. The monoisotopic (exact) mass is 469 g/mol. The summed E-state index contributed by atoms with van der Waals surface area (Å²) in [6.45, 7) is 3.43. The molecular formula is C29H31N3O3. The van der Waals surface area contributed by atoms with Gasteiger partial charge in [-0.1, -0.05) is 36.4 Å². The van der Waals surface area contributed by atoms with E-state index >= 15 is 0 Å². The maximum Gasteiger partial charge on any atom is 0.119 e. The first-order valence-electron chi connectivity index (χ1n) is 12.0. The van der Waals surface area contributed by atoms with Gasteiger partial charge in [0.15, 0.2) is 0 Å². The first-order chi connectivity index (χ1) is 17.2. The SMILES string of the molecule is COc1ccc(Cn2ccc(-c3ccc(OC[C@@H](O)CN4CCc5ccccc5C4)cc3)n2)cc1. The molecule has 180 valence electrons. The number of nitrogens with zero attached hydrogens (tertiary/aromatic N) is 3. The van der Waals surface area contributed by atoms with Crippen molar-refractivity contribution in [3.63, 3.8) is 0 Å². The molecule has 6 heteroatoms. The normalized spacial score (nSPS) is 14.3. The van der Waals surface area contributed by atoms with Gasteiger partial charge in [-0.15, -0.1) is 0 Å². The highest BCUT2D eigenvalue weighted by Crippen LogP contribution is 2.22. The molecule has 6 nitrogen and oxygen atoms in total. The number of aliphatic hydroxyl groups excluding tert-OH is 1. The van der Waals surface area contributed by atoms with Crippen LogP contribution in [0.15, 0.2) is 85.1 Å². The van der Waals surface area contributed by atoms with Gasteiger partial charge >= 0.3 is 0 Å². The molecule has 1 N–H and O–H groups in total. The molecule has 0 aliphatic carbocycles. The highest BCUT2D eigenvalue weighted by Gasteiger charge is 2.18. The van der Waals surface area contributed by atoms with E-state index in [1.165, 1.54) is 11.1 Å². The number of hydrogen-bond acceptors (Lipinski definition) is 5. The Morgan fingerprint density at radius 1 is 0.914 bits per heavy atom. The van der Waals surface area contributed by atoms with Crippen LogP contribution < -0.4 is 9.47 Å². The van der Waals surface area contributed by atoms with Crippen LogP contribution in [0.25, 0.3) is 11.3 Å². The molecule has 0 amide bonds. The number of hydrogen-bond donors (Lipinski definition) is 1. The topological polar surface area (TPSA) is 59.8 Å². The Morgan fingerprint density at radius 3 is 2.43 bits per heavy atom. The van der Waals surface area contributed by atoms with Crippen LogP contribution in [0.4, 0.5) is 0 Å². The largest absolute Gasteiger partial charge is 0.497 e. The smallest absolute Gasteiger partial charge is 0.119 e. The highest BCUT2D eigenvalue weighted by atomic mass is 16.5. The zero-order valence-corrected chi connectivity index (χ0v) is 20.0. The number of benzene rings is 3. The first-order valence-corrected chi connectivity index (χ1v) is 12.0. The lowest BCUT2D eigenvalue weighted by Crippen LogP contribution is -2.38. The predicted molar refractivity (Wildman–Crippen MR) is 137 cm³/mol. The minimum absolute atomic E-state index is 0.272. The molecule has 5 rings (SSSR count). The van der Waals surface area contributed by atoms with Crippen LogP contribution >= 0.6 is 0 Å². The van der Waals surface area contributed by atoms with Crippen LogP contribution in [-0.2, 0) is 19.5 Å². The van der Waals surface area contributed by atoms with Crippen molar-refractivity contribution in [3.05, 3.63) is 102 Å². The van der Waals surface area contributed by atoms with Crippen LogP contribution in [0, 0.1) is 0 Å². The molecule has 0 saturated carbocycles. The number of methoxy groups -OCH3 is 1. The van der Waals surface area contributed by atoms with Crippen molar-refractivity contribution in [2.45, 2.75) is 25.6 Å². The van der Waals surface area contributed by atoms with Gasteiger partial charge < -0.3 is 14.6 Å². The van der Waals surface area contributed by atoms with Gasteiger partial charge in [0.25, 0.3) is 0 Å². The minimum atomic E-state index is -0.534. The molecule has 0 radical (unpaired) electrons. The summed E-state index contributed by atoms with van der Waals surface area (Å²) in [5, 5.41) is 15.2. The summed E-state index contributed by atoms with van der Waals surface area (Å²) < 4.78 is 13.0. The molecule has 0 spiro atoms. The minimum Gasteiger partial charge on any atom is -0.497 e. The Balaban J connectivity index is 1.11. The molecular weight excluding hydrogens is 438 g/mol. The number of fused-ring (bicyclic) bond motifs is 1. The Kier molecular flexibility index (Phi) is 7.12. The second kappa shape index (κ2) is 10.8. The van der Waals surface area contributed by atoms with Gasteiger partial charge in [0.1, 0.15) is 24.2 Å². The summed E-state index contributed by atoms with van der Waals surface area (Å²) >= 11 is 0. The van der Waals surface area contributed by atoms with Gasteiger partial charge in [-0.05, 0) is 65.6 Å². The molecule has 0 saturated heterocycles. The number of rotatable bonds is 9. The second-order valence-electron chi connectivity index (χ2n) is 8.99. The summed E-state index contributed by atoms with van der Waals surface area (Å²) in [6.07, 6.45) is 2.48. The van der Waals surface area contributed by atoms with E-state index in [0.29, 0.717) is 13.1 Å². The van der Waals surface area contributed by atoms with Gasteiger partial charge in [0, 0.05) is 31.4 Å². The Labute approximate surface area is 206 Å². The van der Waals surface area contributed by atoms with Gasteiger partial charge in [0.2, 0.25) is 0 Å². The average Bonchev–Trinajstić information content (AvgIpc) is 3.36. The first kappa shape index (κ1) is 23.1. The van der Waals surface area contributed by atoms with Crippen LogP contribution in [-0.4, -0.2) is 52.7 Å². The summed E-state index contributed by atoms with van der Waals surface area (Å²) in [5.74, 6) is 1.59. The van der Waals surface area contributed by atoms with Gasteiger partial charge in [-0.2, -0.15) is 5.10 Å². The zero-order valence-electron chi connectivity index (χ0n) is 20.0. The quantitative estimate of drug-likeness (QED) is 0.394. The van der Waals surface area contributed by atoms with Crippen LogP contribution in [0.5, 0.6) is 11.5 Å². The van der Waals surface area contributed by atoms with Crippen LogP contribution in [0.1, 0.15) is 16.7 Å². The fourth-order valence-electron chi connectivity index (χ4n) is 4.50. The number of β-amino-alcohol motifs (C(OH)–C–C–N with tert-alkyl or cyclic N) is 1. The van der Waals surface area contributed by atoms with Crippen molar-refractivity contribution in [1.29, 1.82) is 0 Å². The van der Waals surface area contributed by atoms with Crippen LogP contribution in [0.2, 0.25) is 0 Å². The van der Waals surface area contributed by atoms with E-state index < -0.39 is 6.10 Å². The van der Waals surface area contributed by atoms with Crippen molar-refractivity contribution < 1.29 is 14.6 Å². The van der Waals surface area contributed by atoms with E-state index in [1.807, 2.05) is 65.5 Å². The van der Waals surface area contributed by atoms with Gasteiger partial charge in [-0.3, -0.25) is 9.58 Å². The van der Waals surface area contributed by atoms with Gasteiger partial charge in [0.05, 0.1) is 19.3 Å². The van der Waals surface area contributed by atoms with Crippen molar-refractivity contribution in [3.8, 4) is 22.8 Å². The van der Waals surface area contributed by atoms with E-state index in [0.717, 1.165) is 47.8 Å². The van der Waals surface area contributed by atoms with Crippen molar-refractivity contribution in [1.82, 2.24) is 14.7 Å². The Morgan fingerprint density at radius 2 is 1.66 bits per heavy atom. The second-order valence-corrected chi connectivity index (χ2v) is 8.99. The summed E-state index contributed by atoms with van der Waals surface area (Å²) in [7, 11) is 1.67. The third-order valence-electron chi connectivity index (χ3n) is 6.42. The molecule has 1 aliphatic rings. The molecule has 1 atom stereocenters. The average molecular weight is 470 g/mol. The molecule has 2 heterocycles. The molecule has 3 aromatic carbocycles. The molecule has 0 bridgehead atoms. The standard InChI is InChI=1S/C29H31N3O3/c1-34-27-10-6-22(7-11-27)18-32-17-15-29(30-32)24-8-12-28(13-9-24)35-21-26(33)20-31-16-14-23-4-2-3-5-25(23)19-31/h2-13,15,17,26,33H,14,16,18-21H2,1H3/t26-/m0/s1. The number of ether oxygens (including phenoxy) is 2. The van der Waals surface area contributed by atoms with Crippen molar-refractivity contribution in [2.75, 3.05) is 26.8 Å². The Hall–Kier alpha value is -3.61. The summed E-state index contributed by atoms with van der Waals surface area (Å²) in [5.41, 5.74) is 5.87. The van der Waals surface area contributed by atoms with E-state index in [-0.39, 0.29) is 6.61 Å². The molecule has 1 aliphatic heterocycles. The van der Waals surface area contributed by atoms with E-state index in [1.54, 1.807) is 7.11 Å². The van der Waals surface area contributed by atoms with Crippen molar-refractivity contribution in [2.24, 2.45) is 0 Å². The van der Waals surface area contributed by atoms with Crippen LogP contribution in [0.3, 0.4) is 0 Å². The molecule has 0 unspecified atom stereocenters. The van der Waals surface area contributed by atoms with Crippen molar-refractivity contribution >= 4 is 0 Å². The third-order valence-corrected chi connectivity index (χ3v) is 6.42. The Bertz CT molecular complexity index is 1230. The molecule has 4 aromatic rings. The van der Waals surface area contributed by atoms with E-state index in [2.05, 4.69) is 29.2 Å². The summed E-state index contributed by atoms with van der Waals surface area (Å²) in [6, 6.07) is 26.4. The lowest BCUT2D eigenvalue weighted by atomic mass is 10.00. The highest BCUT2D eigenvalue weighted by molar-refractivity contribution is 5.59.